The summed E-state index contributed by atoms with van der Waals surface area (Å²) in [6, 6.07) is 29.7. The second-order valence-electron chi connectivity index (χ2n) is 10.8. The molecular weight excluding hydrogens is 617 g/mol. The van der Waals surface area contributed by atoms with Gasteiger partial charge in [-0.25, -0.2) is 8.42 Å². The minimum atomic E-state index is -4.20. The monoisotopic (exact) mass is 651 g/mol. The van der Waals surface area contributed by atoms with Crippen molar-refractivity contribution in [2.24, 2.45) is 5.92 Å². The summed E-state index contributed by atoms with van der Waals surface area (Å²) in [5, 5.41) is 3.90. The fourth-order valence-electron chi connectivity index (χ4n) is 4.62. The Hall–Kier alpha value is -3.85. The van der Waals surface area contributed by atoms with Crippen LogP contribution in [0.1, 0.15) is 25.0 Å². The Labute approximate surface area is 269 Å². The number of halogens is 2. The van der Waals surface area contributed by atoms with Crippen molar-refractivity contribution in [3.05, 3.63) is 130 Å². The van der Waals surface area contributed by atoms with E-state index in [2.05, 4.69) is 5.32 Å². The summed E-state index contributed by atoms with van der Waals surface area (Å²) in [6.07, 6.45) is 0.235. The van der Waals surface area contributed by atoms with Gasteiger partial charge < -0.3 is 10.2 Å². The number of benzene rings is 4. The van der Waals surface area contributed by atoms with Gasteiger partial charge in [0.15, 0.2) is 0 Å². The third-order valence-electron chi connectivity index (χ3n) is 6.95. The lowest BCUT2D eigenvalue weighted by Gasteiger charge is -2.34. The second-order valence-corrected chi connectivity index (χ2v) is 13.5. The summed E-state index contributed by atoms with van der Waals surface area (Å²) in [5.41, 5.74) is 1.91. The molecule has 0 saturated heterocycles. The van der Waals surface area contributed by atoms with E-state index in [9.17, 15) is 18.0 Å². The molecule has 0 unspecified atom stereocenters. The van der Waals surface area contributed by atoms with E-state index in [1.54, 1.807) is 54.6 Å². The Morgan fingerprint density at radius 2 is 1.30 bits per heavy atom. The van der Waals surface area contributed by atoms with Crippen LogP contribution in [0.3, 0.4) is 0 Å². The van der Waals surface area contributed by atoms with Gasteiger partial charge in [0.05, 0.1) is 10.6 Å². The molecule has 0 aliphatic carbocycles. The van der Waals surface area contributed by atoms with Gasteiger partial charge in [-0.2, -0.15) is 0 Å². The topological polar surface area (TPSA) is 86.8 Å². The first-order valence-electron chi connectivity index (χ1n) is 14.2. The maximum absolute atomic E-state index is 14.4. The van der Waals surface area contributed by atoms with Gasteiger partial charge in [0.25, 0.3) is 10.0 Å². The highest BCUT2D eigenvalue weighted by molar-refractivity contribution is 7.92. The highest BCUT2D eigenvalue weighted by Crippen LogP contribution is 2.26. The van der Waals surface area contributed by atoms with E-state index in [0.29, 0.717) is 22.3 Å². The molecule has 0 aliphatic rings. The van der Waals surface area contributed by atoms with Gasteiger partial charge in [-0.3, -0.25) is 13.9 Å². The first-order valence-corrected chi connectivity index (χ1v) is 16.4. The number of nitrogens with zero attached hydrogens (tertiary/aromatic N) is 2. The first kappa shape index (κ1) is 33.1. The van der Waals surface area contributed by atoms with Gasteiger partial charge in [0.1, 0.15) is 12.6 Å². The summed E-state index contributed by atoms with van der Waals surface area (Å²) in [6.45, 7) is 3.93. The highest BCUT2D eigenvalue weighted by Gasteiger charge is 2.34. The normalized spacial score (nSPS) is 12.0. The molecule has 4 rings (SSSR count). The van der Waals surface area contributed by atoms with E-state index >= 15 is 0 Å². The molecule has 44 heavy (non-hydrogen) atoms. The van der Waals surface area contributed by atoms with Crippen LogP contribution in [0.15, 0.2) is 114 Å². The summed E-state index contributed by atoms with van der Waals surface area (Å²) >= 11 is 12.2. The van der Waals surface area contributed by atoms with Crippen molar-refractivity contribution >= 4 is 50.7 Å². The Bertz CT molecular complexity index is 1630. The third kappa shape index (κ3) is 8.85. The number of sulfonamides is 1. The summed E-state index contributed by atoms with van der Waals surface area (Å²) < 4.78 is 29.0. The predicted molar refractivity (Wildman–Crippen MR) is 176 cm³/mol. The number of anilines is 1. The predicted octanol–water partition coefficient (Wildman–Crippen LogP) is 6.60. The maximum atomic E-state index is 14.4. The average Bonchev–Trinajstić information content (AvgIpc) is 3.02. The van der Waals surface area contributed by atoms with Crippen LogP contribution in [0, 0.1) is 5.92 Å². The smallest absolute Gasteiger partial charge is 0.264 e. The fourth-order valence-corrected chi connectivity index (χ4v) is 6.29. The molecule has 0 fully saturated rings. The third-order valence-corrected chi connectivity index (χ3v) is 9.24. The molecule has 1 atom stereocenters. The molecule has 10 heteroatoms. The van der Waals surface area contributed by atoms with E-state index in [0.717, 1.165) is 15.4 Å². The van der Waals surface area contributed by atoms with Gasteiger partial charge in [-0.05, 0) is 65.6 Å². The molecule has 1 N–H and O–H groups in total. The van der Waals surface area contributed by atoms with Crippen LogP contribution in [0.5, 0.6) is 0 Å². The van der Waals surface area contributed by atoms with Crippen LogP contribution in [0.4, 0.5) is 5.69 Å². The van der Waals surface area contributed by atoms with Crippen LogP contribution in [0.25, 0.3) is 0 Å². The van der Waals surface area contributed by atoms with Crippen molar-refractivity contribution in [3.63, 3.8) is 0 Å². The van der Waals surface area contributed by atoms with Gasteiger partial charge in [-0.1, -0.05) is 97.7 Å². The van der Waals surface area contributed by atoms with Gasteiger partial charge in [0, 0.05) is 29.6 Å². The SMILES string of the molecule is CC(C)CNC(=O)[C@H](Cc1ccccc1)N(Cc1ccc(Cl)cc1)C(=O)CN(c1ccccc1)S(=O)(=O)c1ccc(Cl)cc1. The molecule has 0 saturated carbocycles. The highest BCUT2D eigenvalue weighted by atomic mass is 35.5. The number of nitrogens with one attached hydrogen (secondary N) is 1. The number of hydrogen-bond donors (Lipinski definition) is 1. The molecule has 4 aromatic rings. The molecule has 4 aromatic carbocycles. The fraction of sp³-hybridized carbons (Fsp3) is 0.235. The molecule has 0 spiro atoms. The van der Waals surface area contributed by atoms with Crippen LogP contribution in [-0.4, -0.2) is 44.3 Å². The zero-order valence-corrected chi connectivity index (χ0v) is 26.9. The van der Waals surface area contributed by atoms with E-state index in [1.807, 2.05) is 44.2 Å². The lowest BCUT2D eigenvalue weighted by Crippen LogP contribution is -2.53. The van der Waals surface area contributed by atoms with Crippen molar-refractivity contribution in [2.75, 3.05) is 17.4 Å². The maximum Gasteiger partial charge on any atom is 0.264 e. The second kappa shape index (κ2) is 15.2. The van der Waals surface area contributed by atoms with Crippen LogP contribution < -0.4 is 9.62 Å². The van der Waals surface area contributed by atoms with Crippen LogP contribution in [-0.2, 0) is 32.6 Å². The zero-order valence-electron chi connectivity index (χ0n) is 24.6. The number of hydrogen-bond acceptors (Lipinski definition) is 4. The minimum Gasteiger partial charge on any atom is -0.354 e. The first-order chi connectivity index (χ1) is 21.0. The largest absolute Gasteiger partial charge is 0.354 e. The standard InChI is InChI=1S/C34H35Cl2N3O4S/c1-25(2)22-37-34(41)32(21-26-9-5-3-6-10-26)38(23-27-13-15-28(35)16-14-27)33(40)24-39(30-11-7-4-8-12-30)44(42,43)31-19-17-29(36)18-20-31/h3-20,25,32H,21-24H2,1-2H3,(H,37,41)/t32-/m0/s1. The lowest BCUT2D eigenvalue weighted by molar-refractivity contribution is -0.140. The Kier molecular flexibility index (Phi) is 11.4. The minimum absolute atomic E-state index is 0.0154. The molecule has 7 nitrogen and oxygen atoms in total. The van der Waals surface area contributed by atoms with E-state index < -0.39 is 28.5 Å². The summed E-state index contributed by atoms with van der Waals surface area (Å²) in [4.78, 5) is 29.6. The van der Waals surface area contributed by atoms with Crippen LogP contribution >= 0.6 is 23.2 Å². The van der Waals surface area contributed by atoms with Crippen molar-refractivity contribution in [3.8, 4) is 0 Å². The van der Waals surface area contributed by atoms with Crippen molar-refractivity contribution in [1.29, 1.82) is 0 Å². The van der Waals surface area contributed by atoms with Gasteiger partial charge in [0.2, 0.25) is 11.8 Å². The van der Waals surface area contributed by atoms with E-state index in [-0.39, 0.29) is 29.7 Å². The Morgan fingerprint density at radius 3 is 1.86 bits per heavy atom. The quantitative estimate of drug-likeness (QED) is 0.176. The van der Waals surface area contributed by atoms with Crippen molar-refractivity contribution in [1.82, 2.24) is 10.2 Å². The molecule has 0 aliphatic heterocycles. The molecular formula is C34H35Cl2N3O4S. The van der Waals surface area contributed by atoms with E-state index in [1.165, 1.54) is 29.2 Å². The summed E-state index contributed by atoms with van der Waals surface area (Å²) in [7, 11) is -4.20. The lowest BCUT2D eigenvalue weighted by atomic mass is 10.0. The Morgan fingerprint density at radius 1 is 0.750 bits per heavy atom. The number of rotatable bonds is 13. The molecule has 0 bridgehead atoms. The van der Waals surface area contributed by atoms with E-state index in [4.69, 9.17) is 23.2 Å². The zero-order chi connectivity index (χ0) is 31.7. The molecule has 0 aromatic heterocycles. The molecule has 230 valence electrons. The summed E-state index contributed by atoms with van der Waals surface area (Å²) in [5.74, 6) is -0.673. The van der Waals surface area contributed by atoms with Gasteiger partial charge >= 0.3 is 0 Å². The van der Waals surface area contributed by atoms with Crippen molar-refractivity contribution in [2.45, 2.75) is 37.8 Å². The molecule has 0 radical (unpaired) electrons. The Balaban J connectivity index is 1.77. The van der Waals surface area contributed by atoms with Crippen LogP contribution in [0.2, 0.25) is 10.0 Å². The van der Waals surface area contributed by atoms with Gasteiger partial charge in [-0.15, -0.1) is 0 Å². The number of para-hydroxylation sites is 1. The molecule has 0 heterocycles. The number of carbonyl (C=O) groups is 2. The van der Waals surface area contributed by atoms with Crippen molar-refractivity contribution < 1.29 is 18.0 Å². The number of amides is 2. The average molecular weight is 653 g/mol. The molecule has 2 amide bonds. The number of carbonyl (C=O) groups excluding carboxylic acids is 2.